The fraction of sp³-hybridized carbons (Fsp3) is 0.571. The summed E-state index contributed by atoms with van der Waals surface area (Å²) in [6.07, 6.45) is 2.44. The lowest BCUT2D eigenvalue weighted by atomic mass is 10.0. The molecule has 3 unspecified atom stereocenters. The topological polar surface area (TPSA) is 55.2 Å². The molecule has 2 rings (SSSR count). The summed E-state index contributed by atoms with van der Waals surface area (Å²) in [5.74, 6) is 0.785. The van der Waals surface area contributed by atoms with Gasteiger partial charge >= 0.3 is 0 Å². The van der Waals surface area contributed by atoms with Gasteiger partial charge in [-0.05, 0) is 31.7 Å². The predicted molar refractivity (Wildman–Crippen MR) is 71.6 cm³/mol. The van der Waals surface area contributed by atoms with E-state index in [1.165, 1.54) is 12.8 Å². The van der Waals surface area contributed by atoms with E-state index >= 15 is 0 Å². The first-order valence-electron chi connectivity index (χ1n) is 6.54. The van der Waals surface area contributed by atoms with Crippen LogP contribution >= 0.6 is 0 Å². The molecule has 98 valence electrons. The van der Waals surface area contributed by atoms with E-state index in [1.54, 1.807) is 13.0 Å². The van der Waals surface area contributed by atoms with E-state index in [0.717, 1.165) is 11.5 Å². The normalized spacial score (nSPS) is 23.7. The Labute approximate surface area is 108 Å². The van der Waals surface area contributed by atoms with E-state index in [9.17, 15) is 10.1 Å². The van der Waals surface area contributed by atoms with Crippen molar-refractivity contribution in [1.82, 2.24) is 5.32 Å². The predicted octanol–water partition coefficient (Wildman–Crippen LogP) is 3.35. The Morgan fingerprint density at radius 1 is 1.56 bits per heavy atom. The Morgan fingerprint density at radius 3 is 2.83 bits per heavy atom. The third-order valence-corrected chi connectivity index (χ3v) is 3.84. The zero-order chi connectivity index (χ0) is 13.3. The van der Waals surface area contributed by atoms with Gasteiger partial charge in [-0.1, -0.05) is 25.5 Å². The monoisotopic (exact) mass is 248 g/mol. The SMILES string of the molecule is CCC1CC1NC(C)c1ccc(C)c([N+](=O)[O-])c1. The molecule has 0 aromatic heterocycles. The van der Waals surface area contributed by atoms with Gasteiger partial charge in [0, 0.05) is 23.7 Å². The third kappa shape index (κ3) is 2.70. The fourth-order valence-electron chi connectivity index (χ4n) is 2.41. The summed E-state index contributed by atoms with van der Waals surface area (Å²) in [6.45, 7) is 6.04. The molecule has 1 aliphatic rings. The van der Waals surface area contributed by atoms with Gasteiger partial charge in [-0.3, -0.25) is 10.1 Å². The maximum atomic E-state index is 10.9. The van der Waals surface area contributed by atoms with Crippen molar-refractivity contribution < 1.29 is 4.92 Å². The highest BCUT2D eigenvalue weighted by atomic mass is 16.6. The number of rotatable bonds is 5. The quantitative estimate of drug-likeness (QED) is 0.642. The van der Waals surface area contributed by atoms with Crippen molar-refractivity contribution in [2.75, 3.05) is 0 Å². The largest absolute Gasteiger partial charge is 0.307 e. The van der Waals surface area contributed by atoms with Crippen LogP contribution in [0.1, 0.15) is 43.9 Å². The van der Waals surface area contributed by atoms with E-state index in [2.05, 4.69) is 19.2 Å². The van der Waals surface area contributed by atoms with Gasteiger partial charge in [-0.25, -0.2) is 0 Å². The van der Waals surface area contributed by atoms with Gasteiger partial charge < -0.3 is 5.32 Å². The highest BCUT2D eigenvalue weighted by Crippen LogP contribution is 2.35. The number of nitrogens with zero attached hydrogens (tertiary/aromatic N) is 1. The maximum Gasteiger partial charge on any atom is 0.272 e. The van der Waals surface area contributed by atoms with Crippen LogP contribution in [-0.2, 0) is 0 Å². The van der Waals surface area contributed by atoms with Crippen LogP contribution in [0.3, 0.4) is 0 Å². The summed E-state index contributed by atoms with van der Waals surface area (Å²) in [5.41, 5.74) is 1.92. The van der Waals surface area contributed by atoms with Gasteiger partial charge in [0.15, 0.2) is 0 Å². The number of nitro benzene ring substituents is 1. The summed E-state index contributed by atoms with van der Waals surface area (Å²) in [5, 5.41) is 14.4. The smallest absolute Gasteiger partial charge is 0.272 e. The minimum Gasteiger partial charge on any atom is -0.307 e. The van der Waals surface area contributed by atoms with Crippen molar-refractivity contribution in [3.05, 3.63) is 39.4 Å². The van der Waals surface area contributed by atoms with Gasteiger partial charge in [0.2, 0.25) is 0 Å². The number of nitro groups is 1. The van der Waals surface area contributed by atoms with Crippen molar-refractivity contribution in [2.45, 2.75) is 45.7 Å². The van der Waals surface area contributed by atoms with Crippen LogP contribution in [0.2, 0.25) is 0 Å². The van der Waals surface area contributed by atoms with Gasteiger partial charge in [0.1, 0.15) is 0 Å². The Bertz CT molecular complexity index is 459. The Kier molecular flexibility index (Phi) is 3.66. The molecule has 3 atom stereocenters. The zero-order valence-electron chi connectivity index (χ0n) is 11.1. The van der Waals surface area contributed by atoms with E-state index in [4.69, 9.17) is 0 Å². The highest BCUT2D eigenvalue weighted by molar-refractivity contribution is 5.43. The minimum atomic E-state index is -0.308. The molecule has 0 aliphatic heterocycles. The fourth-order valence-corrected chi connectivity index (χ4v) is 2.41. The Balaban J connectivity index is 2.08. The van der Waals surface area contributed by atoms with Crippen LogP contribution < -0.4 is 5.32 Å². The first-order valence-corrected chi connectivity index (χ1v) is 6.54. The zero-order valence-corrected chi connectivity index (χ0v) is 11.1. The summed E-state index contributed by atoms with van der Waals surface area (Å²) in [4.78, 5) is 10.6. The van der Waals surface area contributed by atoms with Crippen LogP contribution in [0, 0.1) is 23.0 Å². The average Bonchev–Trinajstić information content (AvgIpc) is 3.07. The molecular weight excluding hydrogens is 228 g/mol. The van der Waals surface area contributed by atoms with E-state index in [0.29, 0.717) is 11.6 Å². The van der Waals surface area contributed by atoms with Crippen molar-refractivity contribution in [3.63, 3.8) is 0 Å². The average molecular weight is 248 g/mol. The second kappa shape index (κ2) is 5.06. The number of hydrogen-bond donors (Lipinski definition) is 1. The second-order valence-corrected chi connectivity index (χ2v) is 5.20. The summed E-state index contributed by atoms with van der Waals surface area (Å²) >= 11 is 0. The summed E-state index contributed by atoms with van der Waals surface area (Å²) < 4.78 is 0. The lowest BCUT2D eigenvalue weighted by Gasteiger charge is -2.14. The lowest BCUT2D eigenvalue weighted by molar-refractivity contribution is -0.385. The van der Waals surface area contributed by atoms with Crippen molar-refractivity contribution in [1.29, 1.82) is 0 Å². The number of aryl methyl sites for hydroxylation is 1. The summed E-state index contributed by atoms with van der Waals surface area (Å²) in [7, 11) is 0. The van der Waals surface area contributed by atoms with Gasteiger partial charge in [-0.2, -0.15) is 0 Å². The van der Waals surface area contributed by atoms with Crippen LogP contribution in [0.15, 0.2) is 18.2 Å². The van der Waals surface area contributed by atoms with Crippen molar-refractivity contribution >= 4 is 5.69 Å². The molecule has 1 fully saturated rings. The standard InChI is InChI=1S/C14H20N2O2/c1-4-11-7-13(11)15-10(3)12-6-5-9(2)14(8-12)16(17)18/h5-6,8,10-11,13,15H,4,7H2,1-3H3. The van der Waals surface area contributed by atoms with E-state index < -0.39 is 0 Å². The molecule has 1 aromatic rings. The molecule has 1 saturated carbocycles. The third-order valence-electron chi connectivity index (χ3n) is 3.84. The first kappa shape index (κ1) is 13.0. The molecule has 1 aromatic carbocycles. The molecule has 0 saturated heterocycles. The molecule has 0 radical (unpaired) electrons. The van der Waals surface area contributed by atoms with Gasteiger partial charge in [0.25, 0.3) is 5.69 Å². The van der Waals surface area contributed by atoms with E-state index in [1.807, 2.05) is 12.1 Å². The van der Waals surface area contributed by atoms with Crippen LogP contribution in [0.4, 0.5) is 5.69 Å². The molecular formula is C14H20N2O2. The molecule has 1 N–H and O–H groups in total. The number of benzene rings is 1. The van der Waals surface area contributed by atoms with Gasteiger partial charge in [0.05, 0.1) is 4.92 Å². The molecule has 4 heteroatoms. The molecule has 4 nitrogen and oxygen atoms in total. The van der Waals surface area contributed by atoms with Crippen molar-refractivity contribution in [3.8, 4) is 0 Å². The molecule has 1 aliphatic carbocycles. The molecule has 0 bridgehead atoms. The number of nitrogens with one attached hydrogen (secondary N) is 1. The highest BCUT2D eigenvalue weighted by Gasteiger charge is 2.36. The minimum absolute atomic E-state index is 0.172. The van der Waals surface area contributed by atoms with Gasteiger partial charge in [-0.15, -0.1) is 0 Å². The molecule has 0 spiro atoms. The molecule has 18 heavy (non-hydrogen) atoms. The molecule has 0 heterocycles. The van der Waals surface area contributed by atoms with Crippen LogP contribution in [-0.4, -0.2) is 11.0 Å². The molecule has 0 amide bonds. The lowest BCUT2D eigenvalue weighted by Crippen LogP contribution is -2.22. The Hall–Kier alpha value is -1.42. The Morgan fingerprint density at radius 2 is 2.28 bits per heavy atom. The number of hydrogen-bond acceptors (Lipinski definition) is 3. The van der Waals surface area contributed by atoms with Crippen LogP contribution in [0.5, 0.6) is 0 Å². The first-order chi connectivity index (χ1) is 8.52. The van der Waals surface area contributed by atoms with Crippen molar-refractivity contribution in [2.24, 2.45) is 5.92 Å². The van der Waals surface area contributed by atoms with Crippen LogP contribution in [0.25, 0.3) is 0 Å². The maximum absolute atomic E-state index is 10.9. The summed E-state index contributed by atoms with van der Waals surface area (Å²) in [6, 6.07) is 6.26. The second-order valence-electron chi connectivity index (χ2n) is 5.20. The van der Waals surface area contributed by atoms with E-state index in [-0.39, 0.29) is 16.7 Å².